The molecule has 1 aromatic heterocycles. The van der Waals surface area contributed by atoms with Gasteiger partial charge in [-0.25, -0.2) is 0 Å². The second kappa shape index (κ2) is 7.84. The maximum atomic E-state index is 13.0. The Bertz CT molecular complexity index is 950. The van der Waals surface area contributed by atoms with E-state index in [2.05, 4.69) is 4.98 Å². The number of pyridine rings is 1. The minimum atomic E-state index is -1.52. The maximum Gasteiger partial charge on any atom is 0.235 e. The summed E-state index contributed by atoms with van der Waals surface area (Å²) in [6.07, 6.45) is 3.28. The van der Waals surface area contributed by atoms with Crippen LogP contribution in [-0.2, 0) is 11.2 Å². The number of methoxy groups -OCH3 is 3. The average molecular weight is 375 g/mol. The quantitative estimate of drug-likeness (QED) is 0.722. The predicted octanol–water partition coefficient (Wildman–Crippen LogP) is 2.47. The number of ether oxygens (including phenoxy) is 3. The van der Waals surface area contributed by atoms with Gasteiger partial charge >= 0.3 is 0 Å². The lowest BCUT2D eigenvalue weighted by Gasteiger charge is -2.16. The summed E-state index contributed by atoms with van der Waals surface area (Å²) < 4.78 is 16.2. The molecule has 0 fully saturated rings. The van der Waals surface area contributed by atoms with E-state index in [4.69, 9.17) is 14.2 Å². The smallest absolute Gasteiger partial charge is 0.235 e. The van der Waals surface area contributed by atoms with Gasteiger partial charge in [0.05, 0.1) is 37.9 Å². The van der Waals surface area contributed by atoms with Crippen LogP contribution in [0.15, 0.2) is 16.9 Å². The van der Waals surface area contributed by atoms with Crippen molar-refractivity contribution in [1.82, 2.24) is 4.98 Å². The van der Waals surface area contributed by atoms with Crippen LogP contribution in [0.2, 0.25) is 0 Å². The topological polar surface area (TPSA) is 97.9 Å². The van der Waals surface area contributed by atoms with Gasteiger partial charge in [-0.2, -0.15) is 0 Å². The van der Waals surface area contributed by atoms with E-state index >= 15 is 0 Å². The predicted molar refractivity (Wildman–Crippen MR) is 104 cm³/mol. The molecule has 2 rings (SSSR count). The van der Waals surface area contributed by atoms with Gasteiger partial charge in [0, 0.05) is 0 Å². The number of aromatic nitrogens is 1. The molecule has 7 nitrogen and oxygen atoms in total. The summed E-state index contributed by atoms with van der Waals surface area (Å²) >= 11 is 0. The zero-order valence-electron chi connectivity index (χ0n) is 16.4. The van der Waals surface area contributed by atoms with Gasteiger partial charge in [-0.05, 0) is 44.1 Å². The third-order valence-corrected chi connectivity index (χ3v) is 4.27. The number of carbonyl (C=O) groups is 1. The summed E-state index contributed by atoms with van der Waals surface area (Å²) in [4.78, 5) is 28.1. The number of rotatable bonds is 7. The van der Waals surface area contributed by atoms with Crippen LogP contribution < -0.4 is 19.6 Å². The number of aryl methyl sites for hydroxylation is 1. The number of hydrogen-bond donors (Lipinski definition) is 2. The van der Waals surface area contributed by atoms with E-state index in [1.165, 1.54) is 47.3 Å². The first-order valence-electron chi connectivity index (χ1n) is 8.52. The fraction of sp³-hybridized carbons (Fsp3) is 0.400. The molecule has 0 radical (unpaired) electrons. The number of ketones is 1. The highest BCUT2D eigenvalue weighted by Gasteiger charge is 2.23. The molecule has 0 aliphatic heterocycles. The minimum absolute atomic E-state index is 0.0342. The average Bonchev–Trinajstić information content (AvgIpc) is 2.63. The van der Waals surface area contributed by atoms with Crippen LogP contribution in [0.25, 0.3) is 17.0 Å². The van der Waals surface area contributed by atoms with Crippen molar-refractivity contribution in [2.24, 2.45) is 0 Å². The Kier molecular flexibility index (Phi) is 5.95. The van der Waals surface area contributed by atoms with Crippen molar-refractivity contribution in [3.8, 4) is 17.2 Å². The molecule has 0 saturated heterocycles. The molecule has 0 amide bonds. The third-order valence-electron chi connectivity index (χ3n) is 4.27. The number of aromatic amines is 1. The van der Waals surface area contributed by atoms with Crippen LogP contribution in [0.3, 0.4) is 0 Å². The molecular formula is C20H25NO6. The van der Waals surface area contributed by atoms with E-state index in [1.807, 2.05) is 6.92 Å². The molecule has 0 unspecified atom stereocenters. The van der Waals surface area contributed by atoms with Gasteiger partial charge in [0.25, 0.3) is 0 Å². The number of carbonyl (C=O) groups excluding carboxylic acids is 1. The molecule has 1 heterocycles. The van der Waals surface area contributed by atoms with Crippen LogP contribution in [0.1, 0.15) is 32.0 Å². The van der Waals surface area contributed by atoms with Crippen LogP contribution in [0, 0.1) is 0 Å². The van der Waals surface area contributed by atoms with E-state index in [1.54, 1.807) is 6.07 Å². The molecule has 27 heavy (non-hydrogen) atoms. The monoisotopic (exact) mass is 375 g/mol. The second-order valence-electron chi connectivity index (χ2n) is 6.53. The molecule has 0 aliphatic carbocycles. The highest BCUT2D eigenvalue weighted by atomic mass is 16.5. The maximum absolute atomic E-state index is 13.0. The van der Waals surface area contributed by atoms with Crippen molar-refractivity contribution in [3.63, 3.8) is 0 Å². The molecule has 0 spiro atoms. The highest BCUT2D eigenvalue weighted by Crippen LogP contribution is 2.36. The zero-order valence-corrected chi connectivity index (χ0v) is 16.4. The van der Waals surface area contributed by atoms with Crippen LogP contribution in [0.4, 0.5) is 0 Å². The van der Waals surface area contributed by atoms with E-state index in [0.29, 0.717) is 34.5 Å². The van der Waals surface area contributed by atoms with Crippen molar-refractivity contribution < 1.29 is 24.1 Å². The van der Waals surface area contributed by atoms with Crippen molar-refractivity contribution >= 4 is 22.8 Å². The van der Waals surface area contributed by atoms with Crippen molar-refractivity contribution in [3.05, 3.63) is 33.6 Å². The fourth-order valence-electron chi connectivity index (χ4n) is 2.80. The van der Waals surface area contributed by atoms with E-state index in [-0.39, 0.29) is 11.2 Å². The standard InChI is InChI=1S/C20H25NO6/c1-7-11-10-13(25-4)15-16(18(11)26-5)21-12(19(27-6)17(15)23)8-9-14(22)20(2,3)24/h8-10,24H,7H2,1-6H3,(H,21,23)/b9-8+. The van der Waals surface area contributed by atoms with Gasteiger partial charge in [0.1, 0.15) is 17.1 Å². The number of aliphatic hydroxyl groups is 1. The number of H-pyrrole nitrogens is 1. The Morgan fingerprint density at radius 1 is 1.19 bits per heavy atom. The number of nitrogens with one attached hydrogen (secondary N) is 1. The number of fused-ring (bicyclic) bond motifs is 1. The van der Waals surface area contributed by atoms with E-state index < -0.39 is 11.4 Å². The van der Waals surface area contributed by atoms with Gasteiger partial charge in [-0.15, -0.1) is 0 Å². The highest BCUT2D eigenvalue weighted by molar-refractivity contribution is 6.00. The largest absolute Gasteiger partial charge is 0.496 e. The molecule has 2 aromatic rings. The van der Waals surface area contributed by atoms with Gasteiger partial charge < -0.3 is 24.3 Å². The molecule has 0 aliphatic rings. The molecule has 7 heteroatoms. The van der Waals surface area contributed by atoms with Crippen molar-refractivity contribution in [2.75, 3.05) is 21.3 Å². The number of benzene rings is 1. The number of hydrogen-bond acceptors (Lipinski definition) is 6. The van der Waals surface area contributed by atoms with Gasteiger partial charge in [0.2, 0.25) is 5.43 Å². The first-order valence-corrected chi connectivity index (χ1v) is 8.52. The minimum Gasteiger partial charge on any atom is -0.496 e. The SMILES string of the molecule is CCc1cc(OC)c2c(=O)c(OC)c(/C=C/C(=O)C(C)(C)O)[nH]c2c1OC. The van der Waals surface area contributed by atoms with Crippen LogP contribution in [0.5, 0.6) is 17.2 Å². The first kappa shape index (κ1) is 20.5. The van der Waals surface area contributed by atoms with Crippen LogP contribution in [-0.4, -0.2) is 42.8 Å². The third kappa shape index (κ3) is 3.83. The van der Waals surface area contributed by atoms with Crippen molar-refractivity contribution in [2.45, 2.75) is 32.8 Å². The summed E-state index contributed by atoms with van der Waals surface area (Å²) in [5.74, 6) is 0.464. The lowest BCUT2D eigenvalue weighted by atomic mass is 10.0. The second-order valence-corrected chi connectivity index (χ2v) is 6.53. The molecule has 146 valence electrons. The fourth-order valence-corrected chi connectivity index (χ4v) is 2.80. The molecule has 0 bridgehead atoms. The van der Waals surface area contributed by atoms with Gasteiger partial charge in [-0.3, -0.25) is 9.59 Å². The molecule has 1 aromatic carbocycles. The van der Waals surface area contributed by atoms with Crippen LogP contribution >= 0.6 is 0 Å². The Balaban J connectivity index is 2.85. The summed E-state index contributed by atoms with van der Waals surface area (Å²) in [6.45, 7) is 4.75. The summed E-state index contributed by atoms with van der Waals surface area (Å²) in [5, 5.41) is 10.1. The summed E-state index contributed by atoms with van der Waals surface area (Å²) in [5.41, 5.74) is -0.294. The van der Waals surface area contributed by atoms with Crippen molar-refractivity contribution in [1.29, 1.82) is 0 Å². The Morgan fingerprint density at radius 2 is 1.81 bits per heavy atom. The Hall–Kier alpha value is -2.80. The van der Waals surface area contributed by atoms with E-state index in [9.17, 15) is 14.7 Å². The Morgan fingerprint density at radius 3 is 2.30 bits per heavy atom. The summed E-state index contributed by atoms with van der Waals surface area (Å²) in [7, 11) is 4.38. The summed E-state index contributed by atoms with van der Waals surface area (Å²) in [6, 6.07) is 1.77. The first-order chi connectivity index (χ1) is 12.7. The zero-order chi connectivity index (χ0) is 20.4. The van der Waals surface area contributed by atoms with E-state index in [0.717, 1.165) is 5.56 Å². The molecule has 0 atom stereocenters. The molecular weight excluding hydrogens is 350 g/mol. The molecule has 2 N–H and O–H groups in total. The van der Waals surface area contributed by atoms with Gasteiger partial charge in [-0.1, -0.05) is 6.92 Å². The lowest BCUT2D eigenvalue weighted by Crippen LogP contribution is -2.29. The normalized spacial score (nSPS) is 11.8. The molecule has 0 saturated carbocycles. The lowest BCUT2D eigenvalue weighted by molar-refractivity contribution is -0.128. The van der Waals surface area contributed by atoms with Gasteiger partial charge in [0.15, 0.2) is 11.5 Å². The Labute approximate surface area is 157 Å².